The fraction of sp³-hybridized carbons (Fsp3) is 0.364. The van der Waals surface area contributed by atoms with Crippen LogP contribution in [0.5, 0.6) is 5.88 Å². The molecule has 4 heteroatoms. The number of nitrogens with zero attached hydrogens (tertiary/aromatic N) is 2. The average Bonchev–Trinajstić information content (AvgIpc) is 2.24. The summed E-state index contributed by atoms with van der Waals surface area (Å²) in [5, 5.41) is 9.14. The SMILES string of the molecule is COc1ncccc1C1(C#N)CC(=O)C1. The van der Waals surface area contributed by atoms with Crippen LogP contribution in [0, 0.1) is 11.3 Å². The summed E-state index contributed by atoms with van der Waals surface area (Å²) < 4.78 is 5.09. The van der Waals surface area contributed by atoms with Crippen molar-refractivity contribution in [3.8, 4) is 11.9 Å². The Hall–Kier alpha value is -1.89. The minimum atomic E-state index is -0.712. The number of ketones is 1. The number of hydrogen-bond donors (Lipinski definition) is 0. The molecule has 0 radical (unpaired) electrons. The summed E-state index contributed by atoms with van der Waals surface area (Å²) in [6.07, 6.45) is 2.14. The molecular formula is C11H10N2O2. The second-order valence-corrected chi connectivity index (χ2v) is 3.65. The first-order valence-electron chi connectivity index (χ1n) is 4.64. The van der Waals surface area contributed by atoms with Gasteiger partial charge in [0.15, 0.2) is 0 Å². The van der Waals surface area contributed by atoms with Crippen LogP contribution in [-0.2, 0) is 10.2 Å². The highest BCUT2D eigenvalue weighted by atomic mass is 16.5. The number of rotatable bonds is 2. The van der Waals surface area contributed by atoms with Gasteiger partial charge in [0.1, 0.15) is 11.2 Å². The van der Waals surface area contributed by atoms with Crippen LogP contribution in [0.15, 0.2) is 18.3 Å². The molecule has 2 rings (SSSR count). The standard InChI is InChI=1S/C11H10N2O2/c1-15-10-9(3-2-4-13-10)11(7-12)5-8(14)6-11/h2-4H,5-6H2,1H3. The number of hydrogen-bond acceptors (Lipinski definition) is 4. The van der Waals surface area contributed by atoms with Gasteiger partial charge in [0.05, 0.1) is 13.2 Å². The van der Waals surface area contributed by atoms with Crippen LogP contribution in [-0.4, -0.2) is 17.9 Å². The lowest BCUT2D eigenvalue weighted by Crippen LogP contribution is -2.40. The number of carbonyl (C=O) groups is 1. The first kappa shape index (κ1) is 9.66. The Bertz CT molecular complexity index is 440. The second kappa shape index (κ2) is 3.35. The van der Waals surface area contributed by atoms with Gasteiger partial charge in [-0.1, -0.05) is 6.07 Å². The third kappa shape index (κ3) is 1.37. The lowest BCUT2D eigenvalue weighted by atomic mass is 9.65. The molecule has 1 fully saturated rings. The van der Waals surface area contributed by atoms with Gasteiger partial charge in [0, 0.05) is 24.6 Å². The van der Waals surface area contributed by atoms with E-state index in [0.29, 0.717) is 5.88 Å². The van der Waals surface area contributed by atoms with E-state index in [1.807, 2.05) is 0 Å². The van der Waals surface area contributed by atoms with Gasteiger partial charge in [0.2, 0.25) is 5.88 Å². The van der Waals surface area contributed by atoms with Gasteiger partial charge in [-0.15, -0.1) is 0 Å². The molecule has 76 valence electrons. The van der Waals surface area contributed by atoms with E-state index in [1.54, 1.807) is 18.3 Å². The van der Waals surface area contributed by atoms with Crippen molar-refractivity contribution in [2.45, 2.75) is 18.3 Å². The van der Waals surface area contributed by atoms with E-state index in [1.165, 1.54) is 7.11 Å². The maximum atomic E-state index is 11.0. The van der Waals surface area contributed by atoms with Crippen LogP contribution in [0.4, 0.5) is 0 Å². The Balaban J connectivity index is 2.45. The van der Waals surface area contributed by atoms with Crippen molar-refractivity contribution in [2.75, 3.05) is 7.11 Å². The number of pyridine rings is 1. The highest BCUT2D eigenvalue weighted by Crippen LogP contribution is 2.43. The predicted octanol–water partition coefficient (Wildman–Crippen LogP) is 1.21. The molecule has 0 spiro atoms. The van der Waals surface area contributed by atoms with E-state index in [2.05, 4.69) is 11.1 Å². The van der Waals surface area contributed by atoms with Crippen molar-refractivity contribution in [3.05, 3.63) is 23.9 Å². The minimum absolute atomic E-state index is 0.113. The second-order valence-electron chi connectivity index (χ2n) is 3.65. The Labute approximate surface area is 87.5 Å². The Morgan fingerprint density at radius 2 is 2.33 bits per heavy atom. The molecule has 0 unspecified atom stereocenters. The lowest BCUT2D eigenvalue weighted by Gasteiger charge is -2.34. The van der Waals surface area contributed by atoms with Gasteiger partial charge in [-0.25, -0.2) is 4.98 Å². The molecule has 0 bridgehead atoms. The summed E-state index contributed by atoms with van der Waals surface area (Å²) in [6, 6.07) is 5.74. The minimum Gasteiger partial charge on any atom is -0.481 e. The third-order valence-corrected chi connectivity index (χ3v) is 2.69. The number of Topliss-reactive ketones (excluding diaryl/α,β-unsaturated/α-hetero) is 1. The molecule has 1 aliphatic rings. The summed E-state index contributed by atoms with van der Waals surface area (Å²) in [4.78, 5) is 15.1. The molecule has 0 amide bonds. The van der Waals surface area contributed by atoms with Crippen molar-refractivity contribution < 1.29 is 9.53 Å². The number of ether oxygens (including phenoxy) is 1. The van der Waals surface area contributed by atoms with Gasteiger partial charge in [-0.05, 0) is 6.07 Å². The van der Waals surface area contributed by atoms with Crippen LogP contribution < -0.4 is 4.74 Å². The molecular weight excluding hydrogens is 192 g/mol. The smallest absolute Gasteiger partial charge is 0.217 e. The monoisotopic (exact) mass is 202 g/mol. The molecule has 0 atom stereocenters. The highest BCUT2D eigenvalue weighted by molar-refractivity contribution is 5.90. The van der Waals surface area contributed by atoms with Crippen LogP contribution in [0.25, 0.3) is 0 Å². The number of carbonyl (C=O) groups excluding carboxylic acids is 1. The molecule has 0 aromatic carbocycles. The zero-order valence-electron chi connectivity index (χ0n) is 8.36. The summed E-state index contributed by atoms with van der Waals surface area (Å²) in [6.45, 7) is 0. The zero-order valence-corrected chi connectivity index (χ0v) is 8.36. The molecule has 0 saturated heterocycles. The number of nitriles is 1. The fourth-order valence-corrected chi connectivity index (χ4v) is 1.87. The van der Waals surface area contributed by atoms with Crippen LogP contribution in [0.1, 0.15) is 18.4 Å². The van der Waals surface area contributed by atoms with E-state index in [0.717, 1.165) is 5.56 Å². The van der Waals surface area contributed by atoms with Gasteiger partial charge in [-0.2, -0.15) is 5.26 Å². The molecule has 4 nitrogen and oxygen atoms in total. The summed E-state index contributed by atoms with van der Waals surface area (Å²) in [7, 11) is 1.51. The number of methoxy groups -OCH3 is 1. The Kier molecular flexibility index (Phi) is 2.16. The third-order valence-electron chi connectivity index (χ3n) is 2.69. The largest absolute Gasteiger partial charge is 0.481 e. The summed E-state index contributed by atoms with van der Waals surface area (Å²) in [5.74, 6) is 0.550. The molecule has 1 aromatic heterocycles. The van der Waals surface area contributed by atoms with Crippen molar-refractivity contribution in [1.29, 1.82) is 5.26 Å². The van der Waals surface area contributed by atoms with Crippen molar-refractivity contribution in [1.82, 2.24) is 4.98 Å². The quantitative estimate of drug-likeness (QED) is 0.723. The van der Waals surface area contributed by atoms with Crippen molar-refractivity contribution >= 4 is 5.78 Å². The van der Waals surface area contributed by atoms with Gasteiger partial charge in [-0.3, -0.25) is 4.79 Å². The lowest BCUT2D eigenvalue weighted by molar-refractivity contribution is -0.126. The Morgan fingerprint density at radius 3 is 2.87 bits per heavy atom. The first-order chi connectivity index (χ1) is 7.22. The molecule has 0 aliphatic heterocycles. The van der Waals surface area contributed by atoms with Gasteiger partial charge < -0.3 is 4.74 Å². The Morgan fingerprint density at radius 1 is 1.60 bits per heavy atom. The summed E-state index contributed by atoms with van der Waals surface area (Å²) in [5.41, 5.74) is 0.00560. The fourth-order valence-electron chi connectivity index (χ4n) is 1.87. The molecule has 1 aromatic rings. The average molecular weight is 202 g/mol. The molecule has 1 aliphatic carbocycles. The number of aromatic nitrogens is 1. The van der Waals surface area contributed by atoms with Crippen molar-refractivity contribution in [2.24, 2.45) is 0 Å². The van der Waals surface area contributed by atoms with E-state index < -0.39 is 5.41 Å². The summed E-state index contributed by atoms with van der Waals surface area (Å²) >= 11 is 0. The van der Waals surface area contributed by atoms with E-state index in [9.17, 15) is 4.79 Å². The van der Waals surface area contributed by atoms with E-state index in [4.69, 9.17) is 10.00 Å². The van der Waals surface area contributed by atoms with Crippen LogP contribution in [0.2, 0.25) is 0 Å². The maximum absolute atomic E-state index is 11.0. The molecule has 15 heavy (non-hydrogen) atoms. The first-order valence-corrected chi connectivity index (χ1v) is 4.64. The normalized spacial score (nSPS) is 17.7. The molecule has 1 saturated carbocycles. The zero-order chi connectivity index (χ0) is 10.9. The predicted molar refractivity (Wildman–Crippen MR) is 52.3 cm³/mol. The van der Waals surface area contributed by atoms with Gasteiger partial charge >= 0.3 is 0 Å². The van der Waals surface area contributed by atoms with E-state index in [-0.39, 0.29) is 18.6 Å². The highest BCUT2D eigenvalue weighted by Gasteiger charge is 2.47. The van der Waals surface area contributed by atoms with Crippen LogP contribution in [0.3, 0.4) is 0 Å². The van der Waals surface area contributed by atoms with Crippen LogP contribution >= 0.6 is 0 Å². The maximum Gasteiger partial charge on any atom is 0.217 e. The molecule has 1 heterocycles. The van der Waals surface area contributed by atoms with Crippen molar-refractivity contribution in [3.63, 3.8) is 0 Å². The molecule has 0 N–H and O–H groups in total. The van der Waals surface area contributed by atoms with Gasteiger partial charge in [0.25, 0.3) is 0 Å². The topological polar surface area (TPSA) is 63.0 Å². The van der Waals surface area contributed by atoms with E-state index >= 15 is 0 Å².